The van der Waals surface area contributed by atoms with Crippen LogP contribution in [0.15, 0.2) is 30.3 Å². The molecule has 0 amide bonds. The van der Waals surface area contributed by atoms with Crippen LogP contribution >= 0.6 is 27.5 Å². The summed E-state index contributed by atoms with van der Waals surface area (Å²) in [5.74, 6) is 0.891. The average Bonchev–Trinajstić information content (AvgIpc) is 2.05. The van der Waals surface area contributed by atoms with Gasteiger partial charge in [0.25, 0.3) is 0 Å². The Morgan fingerprint density at radius 1 is 1.33 bits per heavy atom. The Balaban J connectivity index is 2.25. The number of hydrogen-bond acceptors (Lipinski definition) is 1. The van der Waals surface area contributed by atoms with Gasteiger partial charge in [-0.2, -0.15) is 0 Å². The van der Waals surface area contributed by atoms with Crippen LogP contribution in [0.3, 0.4) is 0 Å². The van der Waals surface area contributed by atoms with Gasteiger partial charge in [0.2, 0.25) is 0 Å². The average molecular weight is 250 g/mol. The van der Waals surface area contributed by atoms with Gasteiger partial charge in [0, 0.05) is 6.42 Å². The topological polar surface area (TPSA) is 9.23 Å². The van der Waals surface area contributed by atoms with Crippen molar-refractivity contribution < 1.29 is 4.74 Å². The Hall–Kier alpha value is -0.210. The van der Waals surface area contributed by atoms with Crippen molar-refractivity contribution in [3.05, 3.63) is 30.3 Å². The molecule has 0 saturated carbocycles. The minimum Gasteiger partial charge on any atom is -0.494 e. The van der Waals surface area contributed by atoms with Crippen molar-refractivity contribution in [1.29, 1.82) is 0 Å². The van der Waals surface area contributed by atoms with Crippen molar-refractivity contribution in [2.24, 2.45) is 0 Å². The van der Waals surface area contributed by atoms with E-state index in [2.05, 4.69) is 15.9 Å². The van der Waals surface area contributed by atoms with Gasteiger partial charge in [-0.05, 0) is 12.1 Å². The first-order valence-electron chi connectivity index (χ1n) is 3.75. The van der Waals surface area contributed by atoms with Crippen LogP contribution in [0.1, 0.15) is 6.42 Å². The Kier molecular flexibility index (Phi) is 4.48. The van der Waals surface area contributed by atoms with Gasteiger partial charge in [0.05, 0.1) is 10.9 Å². The lowest BCUT2D eigenvalue weighted by Gasteiger charge is -2.05. The van der Waals surface area contributed by atoms with Gasteiger partial charge in [-0.15, -0.1) is 11.6 Å². The van der Waals surface area contributed by atoms with Crippen molar-refractivity contribution in [2.45, 2.75) is 10.7 Å². The van der Waals surface area contributed by atoms with Crippen molar-refractivity contribution in [1.82, 2.24) is 0 Å². The van der Waals surface area contributed by atoms with Crippen LogP contribution in [0.25, 0.3) is 0 Å². The van der Waals surface area contributed by atoms with E-state index < -0.39 is 0 Å². The van der Waals surface area contributed by atoms with Gasteiger partial charge in [0.1, 0.15) is 5.75 Å². The van der Waals surface area contributed by atoms with E-state index in [0.717, 1.165) is 12.2 Å². The SMILES string of the molecule is ClC(Br)CCOc1ccccc1. The molecular weight excluding hydrogens is 239 g/mol. The van der Waals surface area contributed by atoms with Gasteiger partial charge in [-0.1, -0.05) is 34.1 Å². The molecule has 0 saturated heterocycles. The summed E-state index contributed by atoms with van der Waals surface area (Å²) >= 11 is 8.91. The molecule has 0 radical (unpaired) electrons. The Morgan fingerprint density at radius 3 is 2.58 bits per heavy atom. The number of hydrogen-bond donors (Lipinski definition) is 0. The van der Waals surface area contributed by atoms with Crippen LogP contribution < -0.4 is 4.74 Å². The molecule has 66 valence electrons. The molecule has 0 aliphatic carbocycles. The molecule has 0 spiro atoms. The van der Waals surface area contributed by atoms with E-state index in [4.69, 9.17) is 16.3 Å². The molecule has 1 nitrogen and oxygen atoms in total. The summed E-state index contributed by atoms with van der Waals surface area (Å²) in [6.45, 7) is 0.642. The van der Waals surface area contributed by atoms with E-state index >= 15 is 0 Å². The van der Waals surface area contributed by atoms with Crippen LogP contribution in [0.2, 0.25) is 0 Å². The van der Waals surface area contributed by atoms with Crippen molar-refractivity contribution in [3.63, 3.8) is 0 Å². The highest BCUT2D eigenvalue weighted by atomic mass is 79.9. The van der Waals surface area contributed by atoms with E-state index in [9.17, 15) is 0 Å². The van der Waals surface area contributed by atoms with Crippen LogP contribution in [-0.2, 0) is 0 Å². The molecule has 0 heterocycles. The van der Waals surface area contributed by atoms with E-state index in [0.29, 0.717) is 6.61 Å². The summed E-state index contributed by atoms with van der Waals surface area (Å²) in [5.41, 5.74) is 0. The second kappa shape index (κ2) is 5.44. The number of ether oxygens (including phenoxy) is 1. The van der Waals surface area contributed by atoms with Crippen molar-refractivity contribution >= 4 is 27.5 Å². The fourth-order valence-corrected chi connectivity index (χ4v) is 1.06. The van der Waals surface area contributed by atoms with Gasteiger partial charge >= 0.3 is 0 Å². The fourth-order valence-electron chi connectivity index (χ4n) is 0.783. The highest BCUT2D eigenvalue weighted by Gasteiger charge is 1.97. The quantitative estimate of drug-likeness (QED) is 0.743. The summed E-state index contributed by atoms with van der Waals surface area (Å²) in [6, 6.07) is 9.71. The summed E-state index contributed by atoms with van der Waals surface area (Å²) in [7, 11) is 0. The van der Waals surface area contributed by atoms with Gasteiger partial charge in [-0.3, -0.25) is 0 Å². The summed E-state index contributed by atoms with van der Waals surface area (Å²) in [4.78, 5) is 0. The molecule has 1 aromatic rings. The lowest BCUT2D eigenvalue weighted by atomic mass is 10.3. The number of para-hydroxylation sites is 1. The van der Waals surface area contributed by atoms with Crippen LogP contribution in [0.4, 0.5) is 0 Å². The summed E-state index contributed by atoms with van der Waals surface area (Å²) < 4.78 is 5.40. The lowest BCUT2D eigenvalue weighted by molar-refractivity contribution is 0.316. The van der Waals surface area contributed by atoms with E-state index in [1.807, 2.05) is 30.3 Å². The zero-order valence-electron chi connectivity index (χ0n) is 6.54. The highest BCUT2D eigenvalue weighted by molar-refractivity contribution is 9.10. The molecule has 1 atom stereocenters. The van der Waals surface area contributed by atoms with Gasteiger partial charge in [0.15, 0.2) is 0 Å². The molecule has 0 N–H and O–H groups in total. The zero-order valence-corrected chi connectivity index (χ0v) is 8.88. The maximum absolute atomic E-state index is 5.68. The molecule has 1 rings (SSSR count). The Labute approximate surface area is 85.8 Å². The predicted molar refractivity (Wildman–Crippen MR) is 55.1 cm³/mol. The highest BCUT2D eigenvalue weighted by Crippen LogP contribution is 2.12. The number of benzene rings is 1. The maximum atomic E-state index is 5.68. The number of rotatable bonds is 4. The zero-order chi connectivity index (χ0) is 8.81. The number of alkyl halides is 2. The molecular formula is C9H10BrClO. The Morgan fingerprint density at radius 2 is 2.00 bits per heavy atom. The molecule has 3 heteroatoms. The Bertz CT molecular complexity index is 213. The second-order valence-electron chi connectivity index (χ2n) is 2.34. The van der Waals surface area contributed by atoms with Crippen LogP contribution in [0.5, 0.6) is 5.75 Å². The van der Waals surface area contributed by atoms with E-state index in [1.165, 1.54) is 0 Å². The monoisotopic (exact) mass is 248 g/mol. The van der Waals surface area contributed by atoms with E-state index in [-0.39, 0.29) is 4.29 Å². The number of halogens is 2. The minimum atomic E-state index is 0.00112. The second-order valence-corrected chi connectivity index (χ2v) is 4.50. The minimum absolute atomic E-state index is 0.00112. The first-order chi connectivity index (χ1) is 5.79. The normalized spacial score (nSPS) is 12.5. The molecule has 1 unspecified atom stereocenters. The molecule has 0 aliphatic rings. The maximum Gasteiger partial charge on any atom is 0.119 e. The first-order valence-corrected chi connectivity index (χ1v) is 5.10. The molecule has 0 bridgehead atoms. The fraction of sp³-hybridized carbons (Fsp3) is 0.333. The van der Waals surface area contributed by atoms with Crippen LogP contribution in [-0.4, -0.2) is 10.9 Å². The summed E-state index contributed by atoms with van der Waals surface area (Å²) in [5, 5.41) is 0. The van der Waals surface area contributed by atoms with Gasteiger partial charge < -0.3 is 4.74 Å². The molecule has 0 fully saturated rings. The first kappa shape index (κ1) is 9.87. The van der Waals surface area contributed by atoms with Gasteiger partial charge in [-0.25, -0.2) is 0 Å². The standard InChI is InChI=1S/C9H10BrClO/c10-9(11)6-7-12-8-4-2-1-3-5-8/h1-5,9H,6-7H2. The lowest BCUT2D eigenvalue weighted by Crippen LogP contribution is -2.00. The van der Waals surface area contributed by atoms with Crippen molar-refractivity contribution in [2.75, 3.05) is 6.61 Å². The third-order valence-electron chi connectivity index (χ3n) is 1.35. The van der Waals surface area contributed by atoms with E-state index in [1.54, 1.807) is 0 Å². The van der Waals surface area contributed by atoms with Crippen molar-refractivity contribution in [3.8, 4) is 5.75 Å². The summed E-state index contributed by atoms with van der Waals surface area (Å²) in [6.07, 6.45) is 0.802. The molecule has 12 heavy (non-hydrogen) atoms. The third kappa shape index (κ3) is 3.98. The predicted octanol–water partition coefficient (Wildman–Crippen LogP) is 3.42. The third-order valence-corrected chi connectivity index (χ3v) is 2.02. The molecule has 0 aliphatic heterocycles. The van der Waals surface area contributed by atoms with Crippen LogP contribution in [0, 0.1) is 0 Å². The molecule has 1 aromatic carbocycles. The smallest absolute Gasteiger partial charge is 0.119 e. The molecule has 0 aromatic heterocycles. The largest absolute Gasteiger partial charge is 0.494 e.